The predicted octanol–water partition coefficient (Wildman–Crippen LogP) is 3.91. The molecule has 0 radical (unpaired) electrons. The SMILES string of the molecule is COc1ccc(Cn2c(C)cc(=O)n3nc(-c4ccccc4)c(N4CCCCC4)c23)nc1. The Labute approximate surface area is 186 Å². The van der Waals surface area contributed by atoms with Crippen LogP contribution in [0.5, 0.6) is 5.75 Å². The van der Waals surface area contributed by atoms with Crippen molar-refractivity contribution in [3.63, 3.8) is 0 Å². The van der Waals surface area contributed by atoms with Crippen LogP contribution in [0.25, 0.3) is 16.9 Å². The van der Waals surface area contributed by atoms with Gasteiger partial charge in [0.05, 0.1) is 25.5 Å². The topological polar surface area (TPSA) is 64.7 Å². The number of benzene rings is 1. The Morgan fingerprint density at radius 2 is 1.81 bits per heavy atom. The van der Waals surface area contributed by atoms with Crippen molar-refractivity contribution in [1.82, 2.24) is 19.2 Å². The van der Waals surface area contributed by atoms with Gasteiger partial charge >= 0.3 is 0 Å². The first kappa shape index (κ1) is 20.3. The Morgan fingerprint density at radius 1 is 1.03 bits per heavy atom. The maximum atomic E-state index is 13.0. The van der Waals surface area contributed by atoms with Gasteiger partial charge in [-0.05, 0) is 38.3 Å². The molecule has 0 spiro atoms. The van der Waals surface area contributed by atoms with Crippen LogP contribution in [0.15, 0.2) is 59.5 Å². The average Bonchev–Trinajstić information content (AvgIpc) is 3.24. The molecule has 5 rings (SSSR count). The van der Waals surface area contributed by atoms with E-state index in [0.717, 1.165) is 65.7 Å². The van der Waals surface area contributed by atoms with Gasteiger partial charge in [-0.1, -0.05) is 30.3 Å². The second kappa shape index (κ2) is 8.49. The molecule has 1 fully saturated rings. The molecule has 1 aromatic carbocycles. The van der Waals surface area contributed by atoms with E-state index in [1.807, 2.05) is 37.3 Å². The van der Waals surface area contributed by atoms with E-state index < -0.39 is 0 Å². The monoisotopic (exact) mass is 429 g/mol. The molecule has 1 aliphatic rings. The van der Waals surface area contributed by atoms with Crippen molar-refractivity contribution in [3.05, 3.63) is 76.5 Å². The van der Waals surface area contributed by atoms with Crippen molar-refractivity contribution in [2.75, 3.05) is 25.1 Å². The average molecular weight is 430 g/mol. The summed E-state index contributed by atoms with van der Waals surface area (Å²) in [6, 6.07) is 15.7. The van der Waals surface area contributed by atoms with Crippen molar-refractivity contribution in [2.45, 2.75) is 32.7 Å². The number of rotatable bonds is 5. The third-order valence-corrected chi connectivity index (χ3v) is 6.13. The summed E-state index contributed by atoms with van der Waals surface area (Å²) < 4.78 is 8.96. The summed E-state index contributed by atoms with van der Waals surface area (Å²) in [6.45, 7) is 4.44. The highest BCUT2D eigenvalue weighted by molar-refractivity contribution is 5.86. The molecule has 1 aliphatic heterocycles. The summed E-state index contributed by atoms with van der Waals surface area (Å²) in [4.78, 5) is 20.0. The van der Waals surface area contributed by atoms with Gasteiger partial charge < -0.3 is 14.2 Å². The van der Waals surface area contributed by atoms with Gasteiger partial charge in [-0.25, -0.2) is 0 Å². The lowest BCUT2D eigenvalue weighted by molar-refractivity contribution is 0.412. The van der Waals surface area contributed by atoms with E-state index in [-0.39, 0.29) is 5.56 Å². The number of piperidine rings is 1. The predicted molar refractivity (Wildman–Crippen MR) is 126 cm³/mol. The molecule has 3 aromatic heterocycles. The molecule has 4 aromatic rings. The first-order valence-corrected chi connectivity index (χ1v) is 11.1. The first-order chi connectivity index (χ1) is 15.7. The third-order valence-electron chi connectivity index (χ3n) is 6.13. The molecular weight excluding hydrogens is 402 g/mol. The lowest BCUT2D eigenvalue weighted by atomic mass is 10.1. The number of hydrogen-bond donors (Lipinski definition) is 0. The van der Waals surface area contributed by atoms with Crippen LogP contribution < -0.4 is 15.2 Å². The maximum absolute atomic E-state index is 13.0. The Morgan fingerprint density at radius 3 is 2.50 bits per heavy atom. The van der Waals surface area contributed by atoms with Crippen LogP contribution in [0, 0.1) is 6.92 Å². The highest BCUT2D eigenvalue weighted by atomic mass is 16.5. The number of aromatic nitrogens is 4. The van der Waals surface area contributed by atoms with Gasteiger partial charge in [0.1, 0.15) is 17.1 Å². The zero-order chi connectivity index (χ0) is 22.1. The van der Waals surface area contributed by atoms with Gasteiger partial charge in [-0.2, -0.15) is 9.61 Å². The minimum Gasteiger partial charge on any atom is -0.495 e. The summed E-state index contributed by atoms with van der Waals surface area (Å²) in [6.07, 6.45) is 5.24. The minimum atomic E-state index is -0.114. The second-order valence-corrected chi connectivity index (χ2v) is 8.25. The van der Waals surface area contributed by atoms with E-state index in [1.165, 1.54) is 6.42 Å². The van der Waals surface area contributed by atoms with E-state index >= 15 is 0 Å². The normalized spacial score (nSPS) is 14.1. The van der Waals surface area contributed by atoms with Crippen LogP contribution in [0.1, 0.15) is 30.7 Å². The largest absolute Gasteiger partial charge is 0.495 e. The van der Waals surface area contributed by atoms with Crippen LogP contribution in [0.2, 0.25) is 0 Å². The molecule has 0 unspecified atom stereocenters. The molecule has 0 aliphatic carbocycles. The highest BCUT2D eigenvalue weighted by Crippen LogP contribution is 2.35. The van der Waals surface area contributed by atoms with E-state index in [9.17, 15) is 4.79 Å². The Hall–Kier alpha value is -3.61. The molecular formula is C25H27N5O2. The zero-order valence-corrected chi connectivity index (χ0v) is 18.5. The van der Waals surface area contributed by atoms with Gasteiger partial charge in [0.2, 0.25) is 0 Å². The van der Waals surface area contributed by atoms with Crippen LogP contribution in [-0.2, 0) is 6.54 Å². The number of ether oxygens (including phenoxy) is 1. The minimum absolute atomic E-state index is 0.114. The first-order valence-electron chi connectivity index (χ1n) is 11.1. The lowest BCUT2D eigenvalue weighted by Crippen LogP contribution is -2.30. The molecule has 7 heteroatoms. The van der Waals surface area contributed by atoms with E-state index in [4.69, 9.17) is 9.84 Å². The molecule has 0 amide bonds. The van der Waals surface area contributed by atoms with Gasteiger partial charge in [-0.15, -0.1) is 0 Å². The van der Waals surface area contributed by atoms with E-state index in [1.54, 1.807) is 23.9 Å². The number of fused-ring (bicyclic) bond motifs is 1. The molecule has 4 heterocycles. The number of pyridine rings is 1. The molecule has 7 nitrogen and oxygen atoms in total. The molecule has 0 saturated carbocycles. The van der Waals surface area contributed by atoms with Gasteiger partial charge in [0.15, 0.2) is 5.65 Å². The van der Waals surface area contributed by atoms with Crippen LogP contribution in [0.4, 0.5) is 5.69 Å². The number of anilines is 1. The number of hydrogen-bond acceptors (Lipinski definition) is 5. The number of nitrogens with zero attached hydrogens (tertiary/aromatic N) is 5. The van der Waals surface area contributed by atoms with Gasteiger partial charge in [-0.3, -0.25) is 9.78 Å². The fourth-order valence-electron chi connectivity index (χ4n) is 4.47. The summed E-state index contributed by atoms with van der Waals surface area (Å²) in [5.74, 6) is 0.722. The zero-order valence-electron chi connectivity index (χ0n) is 18.5. The van der Waals surface area contributed by atoms with Crippen molar-refractivity contribution < 1.29 is 4.74 Å². The Bertz CT molecular complexity index is 1290. The quantitative estimate of drug-likeness (QED) is 0.481. The lowest BCUT2D eigenvalue weighted by Gasteiger charge is -2.29. The summed E-state index contributed by atoms with van der Waals surface area (Å²) in [5, 5.41) is 4.83. The van der Waals surface area contributed by atoms with Crippen LogP contribution in [-0.4, -0.2) is 39.4 Å². The van der Waals surface area contributed by atoms with Crippen molar-refractivity contribution in [3.8, 4) is 17.0 Å². The van der Waals surface area contributed by atoms with Crippen LogP contribution >= 0.6 is 0 Å². The summed E-state index contributed by atoms with van der Waals surface area (Å²) in [7, 11) is 1.63. The fourth-order valence-corrected chi connectivity index (χ4v) is 4.47. The molecule has 32 heavy (non-hydrogen) atoms. The Balaban J connectivity index is 1.74. The summed E-state index contributed by atoms with van der Waals surface area (Å²) in [5.41, 5.74) is 5.40. The van der Waals surface area contributed by atoms with Crippen molar-refractivity contribution in [2.24, 2.45) is 0 Å². The number of methoxy groups -OCH3 is 1. The number of aryl methyl sites for hydroxylation is 1. The molecule has 0 atom stereocenters. The Kier molecular flexibility index (Phi) is 5.39. The van der Waals surface area contributed by atoms with Crippen molar-refractivity contribution in [1.29, 1.82) is 0 Å². The molecule has 0 bridgehead atoms. The van der Waals surface area contributed by atoms with Gasteiger partial charge in [0.25, 0.3) is 5.56 Å². The molecule has 0 N–H and O–H groups in total. The van der Waals surface area contributed by atoms with Crippen LogP contribution in [0.3, 0.4) is 0 Å². The smallest absolute Gasteiger partial charge is 0.274 e. The van der Waals surface area contributed by atoms with Gasteiger partial charge in [0, 0.05) is 30.4 Å². The standard InChI is InChI=1S/C25H27N5O2/c1-18-15-22(31)30-25(29(18)17-20-11-12-21(32-2)16-26-20)24(28-13-7-4-8-14-28)23(27-30)19-9-5-3-6-10-19/h3,5-6,9-12,15-16H,4,7-8,13-14,17H2,1-2H3. The maximum Gasteiger partial charge on any atom is 0.274 e. The molecule has 164 valence electrons. The van der Waals surface area contributed by atoms with E-state index in [0.29, 0.717) is 6.54 Å². The second-order valence-electron chi connectivity index (χ2n) is 8.25. The third kappa shape index (κ3) is 3.64. The summed E-state index contributed by atoms with van der Waals surface area (Å²) >= 11 is 0. The van der Waals surface area contributed by atoms with E-state index in [2.05, 4.69) is 26.6 Å². The fraction of sp³-hybridized carbons (Fsp3) is 0.320. The highest BCUT2D eigenvalue weighted by Gasteiger charge is 2.25. The molecule has 1 saturated heterocycles. The van der Waals surface area contributed by atoms with Crippen molar-refractivity contribution >= 4 is 11.3 Å².